The van der Waals surface area contributed by atoms with Gasteiger partial charge in [-0.15, -0.1) is 5.10 Å². The molecular weight excluding hydrogens is 544 g/mol. The molecule has 6 aromatic rings. The Kier molecular flexibility index (Phi) is 6.78. The number of nitrogens with zero attached hydrogens (tertiary/aromatic N) is 6. The first-order valence-corrected chi connectivity index (χ1v) is 13.0. The summed E-state index contributed by atoms with van der Waals surface area (Å²) in [4.78, 5) is 33.7. The third kappa shape index (κ3) is 5.06. The molecule has 0 bridgehead atoms. The van der Waals surface area contributed by atoms with E-state index in [1.54, 1.807) is 47.2 Å². The second kappa shape index (κ2) is 10.7. The number of rotatable bonds is 8. The topological polar surface area (TPSA) is 147 Å². The number of carbonyl (C=O) groups is 1. The number of benzene rings is 3. The fourth-order valence-electron chi connectivity index (χ4n) is 4.84. The van der Waals surface area contributed by atoms with E-state index >= 15 is 0 Å². The summed E-state index contributed by atoms with van der Waals surface area (Å²) in [7, 11) is 1.54. The number of nitrogens with two attached hydrogens (primary N) is 1. The molecule has 1 atom stereocenters. The molecule has 0 radical (unpaired) electrons. The first kappa shape index (κ1) is 26.0. The van der Waals surface area contributed by atoms with Crippen LogP contribution in [0.2, 0.25) is 5.02 Å². The zero-order valence-electron chi connectivity index (χ0n) is 21.7. The second-order valence-electron chi connectivity index (χ2n) is 9.34. The van der Waals surface area contributed by atoms with E-state index in [-0.39, 0.29) is 5.56 Å². The highest BCUT2D eigenvalue weighted by Crippen LogP contribution is 2.36. The molecule has 3 aromatic heterocycles. The minimum absolute atomic E-state index is 0.289. The number of halogens is 1. The van der Waals surface area contributed by atoms with Crippen LogP contribution in [0.15, 0.2) is 90.1 Å². The van der Waals surface area contributed by atoms with Crippen molar-refractivity contribution in [3.8, 4) is 22.6 Å². The highest BCUT2D eigenvalue weighted by Gasteiger charge is 2.23. The van der Waals surface area contributed by atoms with Gasteiger partial charge in [-0.1, -0.05) is 41.9 Å². The molecule has 0 aliphatic heterocycles. The van der Waals surface area contributed by atoms with E-state index in [0.717, 1.165) is 5.56 Å². The molecule has 0 fully saturated rings. The Bertz CT molecular complexity index is 1930. The number of primary amides is 1. The van der Waals surface area contributed by atoms with Crippen LogP contribution in [0.1, 0.15) is 27.8 Å². The predicted molar refractivity (Wildman–Crippen MR) is 153 cm³/mol. The van der Waals surface area contributed by atoms with E-state index in [0.29, 0.717) is 56.4 Å². The van der Waals surface area contributed by atoms with Crippen molar-refractivity contribution in [2.75, 3.05) is 7.11 Å². The van der Waals surface area contributed by atoms with Gasteiger partial charge in [-0.25, -0.2) is 4.98 Å². The number of pyridine rings is 1. The van der Waals surface area contributed by atoms with Crippen LogP contribution in [-0.4, -0.2) is 47.8 Å². The molecule has 6 rings (SSSR count). The molecule has 0 aliphatic carbocycles. The van der Waals surface area contributed by atoms with Crippen molar-refractivity contribution in [1.29, 1.82) is 0 Å². The number of carbonyl (C=O) groups excluding carboxylic acids is 1. The molecule has 3 aromatic carbocycles. The van der Waals surface area contributed by atoms with Gasteiger partial charge in [0.25, 0.3) is 5.56 Å². The lowest BCUT2D eigenvalue weighted by molar-refractivity contribution is 0.100. The van der Waals surface area contributed by atoms with Crippen LogP contribution < -0.4 is 16.0 Å². The van der Waals surface area contributed by atoms with Gasteiger partial charge in [0, 0.05) is 34.2 Å². The third-order valence-electron chi connectivity index (χ3n) is 6.82. The predicted octanol–water partition coefficient (Wildman–Crippen LogP) is 3.96. The number of hydrogen-bond acceptors (Lipinski definition) is 7. The molecule has 0 saturated carbocycles. The van der Waals surface area contributed by atoms with Crippen LogP contribution in [0, 0.1) is 0 Å². The van der Waals surface area contributed by atoms with E-state index in [1.165, 1.54) is 24.2 Å². The lowest BCUT2D eigenvalue weighted by Crippen LogP contribution is -2.27. The fraction of sp³-hybridized carbons (Fsp3) is 0.103. The Hall–Kier alpha value is -5.29. The van der Waals surface area contributed by atoms with Crippen LogP contribution in [0.5, 0.6) is 5.75 Å². The third-order valence-corrected chi connectivity index (χ3v) is 7.05. The number of nitrogens with one attached hydrogen (secondary N) is 1. The summed E-state index contributed by atoms with van der Waals surface area (Å²) in [5.74, 6) is 0.432. The van der Waals surface area contributed by atoms with Crippen molar-refractivity contribution in [2.24, 2.45) is 5.73 Å². The number of ether oxygens (including phenoxy) is 1. The van der Waals surface area contributed by atoms with Gasteiger partial charge in [0.1, 0.15) is 17.9 Å². The van der Waals surface area contributed by atoms with Gasteiger partial charge in [-0.2, -0.15) is 4.68 Å². The van der Waals surface area contributed by atoms with Crippen LogP contribution in [-0.2, 0) is 6.42 Å². The molecule has 0 spiro atoms. The maximum absolute atomic E-state index is 13.9. The summed E-state index contributed by atoms with van der Waals surface area (Å²) < 4.78 is 8.88. The summed E-state index contributed by atoms with van der Waals surface area (Å²) in [5.41, 5.74) is 9.57. The Morgan fingerprint density at radius 2 is 1.90 bits per heavy atom. The molecule has 11 nitrogen and oxygen atoms in total. The molecule has 0 saturated heterocycles. The Morgan fingerprint density at radius 3 is 2.63 bits per heavy atom. The van der Waals surface area contributed by atoms with Gasteiger partial charge in [0.05, 0.1) is 36.1 Å². The van der Waals surface area contributed by atoms with Crippen LogP contribution in [0.4, 0.5) is 0 Å². The fourth-order valence-corrected chi connectivity index (χ4v) is 5.01. The van der Waals surface area contributed by atoms with Crippen molar-refractivity contribution >= 4 is 28.5 Å². The summed E-state index contributed by atoms with van der Waals surface area (Å²) in [5, 5.41) is 11.9. The number of aromatic nitrogens is 7. The normalized spacial score (nSPS) is 12.0. The minimum atomic E-state index is -0.545. The average Bonchev–Trinajstić information content (AvgIpc) is 3.66. The van der Waals surface area contributed by atoms with E-state index in [4.69, 9.17) is 27.1 Å². The van der Waals surface area contributed by atoms with Gasteiger partial charge in [-0.05, 0) is 52.4 Å². The van der Waals surface area contributed by atoms with Gasteiger partial charge >= 0.3 is 0 Å². The number of methoxy groups -OCH3 is 1. The summed E-state index contributed by atoms with van der Waals surface area (Å²) in [6.07, 6.45) is 3.58. The monoisotopic (exact) mass is 566 g/mol. The van der Waals surface area contributed by atoms with Crippen molar-refractivity contribution in [3.63, 3.8) is 0 Å². The van der Waals surface area contributed by atoms with Crippen LogP contribution in [0.3, 0.4) is 0 Å². The Balaban J connectivity index is 1.51. The first-order chi connectivity index (χ1) is 19.9. The van der Waals surface area contributed by atoms with Crippen LogP contribution >= 0.6 is 11.6 Å². The van der Waals surface area contributed by atoms with Crippen molar-refractivity contribution in [1.82, 2.24) is 34.7 Å². The van der Waals surface area contributed by atoms with Gasteiger partial charge < -0.3 is 20.0 Å². The number of imidazole rings is 1. The summed E-state index contributed by atoms with van der Waals surface area (Å²) in [6, 6.07) is 21.0. The highest BCUT2D eigenvalue weighted by atomic mass is 35.5. The number of hydrogen-bond donors (Lipinski definition) is 2. The van der Waals surface area contributed by atoms with E-state index < -0.39 is 11.9 Å². The first-order valence-electron chi connectivity index (χ1n) is 12.6. The van der Waals surface area contributed by atoms with E-state index in [1.807, 2.05) is 30.3 Å². The highest BCUT2D eigenvalue weighted by molar-refractivity contribution is 6.31. The van der Waals surface area contributed by atoms with Gasteiger partial charge in [0.15, 0.2) is 0 Å². The average molecular weight is 567 g/mol. The molecule has 204 valence electrons. The standard InChI is InChI=1S/C29H23ClN8O3/c1-41-26-15-37(27(39)14-21(26)20-13-19(30)8-10-24(20)38-16-32-35-36-38)25(11-17-5-3-2-4-6-17)29-33-22-9-7-18(28(31)40)12-23(22)34-29/h2-10,12-16,25H,11H2,1H3,(H2,31,40)(H,33,34). The summed E-state index contributed by atoms with van der Waals surface area (Å²) in [6.45, 7) is 0. The maximum atomic E-state index is 13.9. The molecular formula is C29H23ClN8O3. The number of H-pyrrole nitrogens is 1. The second-order valence-corrected chi connectivity index (χ2v) is 9.78. The molecule has 3 N–H and O–H groups in total. The number of tetrazole rings is 1. The number of aromatic amines is 1. The molecule has 1 amide bonds. The smallest absolute Gasteiger partial charge is 0.252 e. The van der Waals surface area contributed by atoms with Crippen LogP contribution in [0.25, 0.3) is 27.8 Å². The SMILES string of the molecule is COc1cn(C(Cc2ccccc2)c2nc3cc(C(N)=O)ccc3[nH]2)c(=O)cc1-c1cc(Cl)ccc1-n1cnnn1. The lowest BCUT2D eigenvalue weighted by atomic mass is 10.0. The molecule has 3 heterocycles. The molecule has 0 aliphatic rings. The Morgan fingerprint density at radius 1 is 1.07 bits per heavy atom. The summed E-state index contributed by atoms with van der Waals surface area (Å²) >= 11 is 6.36. The lowest BCUT2D eigenvalue weighted by Gasteiger charge is -2.21. The number of amides is 1. The zero-order valence-corrected chi connectivity index (χ0v) is 22.5. The number of fused-ring (bicyclic) bond motifs is 1. The zero-order chi connectivity index (χ0) is 28.5. The van der Waals surface area contributed by atoms with Gasteiger partial charge in [0.2, 0.25) is 5.91 Å². The van der Waals surface area contributed by atoms with E-state index in [9.17, 15) is 9.59 Å². The molecule has 41 heavy (non-hydrogen) atoms. The maximum Gasteiger partial charge on any atom is 0.252 e. The molecule has 1 unspecified atom stereocenters. The van der Waals surface area contributed by atoms with Crippen molar-refractivity contribution in [2.45, 2.75) is 12.5 Å². The quantitative estimate of drug-likeness (QED) is 0.283. The van der Waals surface area contributed by atoms with Gasteiger partial charge in [-0.3, -0.25) is 9.59 Å². The Labute approximate surface area is 238 Å². The van der Waals surface area contributed by atoms with Crippen molar-refractivity contribution in [3.05, 3.63) is 118 Å². The van der Waals surface area contributed by atoms with E-state index in [2.05, 4.69) is 20.5 Å². The van der Waals surface area contributed by atoms with Crippen molar-refractivity contribution < 1.29 is 9.53 Å². The largest absolute Gasteiger partial charge is 0.495 e. The molecule has 12 heteroatoms. The minimum Gasteiger partial charge on any atom is -0.495 e.